The molecular weight excluding hydrogens is 368 g/mol. The van der Waals surface area contributed by atoms with E-state index in [0.29, 0.717) is 6.54 Å². The van der Waals surface area contributed by atoms with Crippen LogP contribution in [0, 0.1) is 0 Å². The summed E-state index contributed by atoms with van der Waals surface area (Å²) in [5, 5.41) is 3.53. The van der Waals surface area contributed by atoms with Crippen LogP contribution in [0.1, 0.15) is 34.9 Å². The van der Waals surface area contributed by atoms with Crippen molar-refractivity contribution in [1.29, 1.82) is 0 Å². The monoisotopic (exact) mass is 386 g/mol. The van der Waals surface area contributed by atoms with Gasteiger partial charge in [-0.15, -0.1) is 0 Å². The Bertz CT molecular complexity index is 759. The summed E-state index contributed by atoms with van der Waals surface area (Å²) in [5.41, 5.74) is 2.66. The maximum atomic E-state index is 13.1. The molecule has 2 aromatic rings. The van der Waals surface area contributed by atoms with Crippen molar-refractivity contribution in [2.75, 3.05) is 18.5 Å². The van der Waals surface area contributed by atoms with Gasteiger partial charge in [-0.25, -0.2) is 0 Å². The lowest BCUT2D eigenvalue weighted by Crippen LogP contribution is -2.46. The van der Waals surface area contributed by atoms with Crippen LogP contribution in [0.25, 0.3) is 0 Å². The first kappa shape index (κ1) is 15.7. The van der Waals surface area contributed by atoms with Gasteiger partial charge in [-0.2, -0.15) is 0 Å². The van der Waals surface area contributed by atoms with Crippen molar-refractivity contribution in [3.05, 3.63) is 64.1 Å². The first-order chi connectivity index (χ1) is 11.7. The minimum Gasteiger partial charge on any atom is -0.376 e. The van der Waals surface area contributed by atoms with Gasteiger partial charge in [0.05, 0.1) is 11.7 Å². The van der Waals surface area contributed by atoms with Gasteiger partial charge in [0.15, 0.2) is 0 Å². The lowest BCUT2D eigenvalue weighted by Gasteiger charge is -2.39. The number of nitrogens with one attached hydrogen (secondary N) is 1. The van der Waals surface area contributed by atoms with E-state index in [0.717, 1.165) is 40.7 Å². The molecule has 24 heavy (non-hydrogen) atoms. The summed E-state index contributed by atoms with van der Waals surface area (Å²) in [6, 6.07) is 15.7. The number of ether oxygens (including phenoxy) is 1. The molecule has 124 valence electrons. The van der Waals surface area contributed by atoms with Crippen LogP contribution < -0.4 is 5.32 Å². The number of benzene rings is 2. The van der Waals surface area contributed by atoms with Crippen molar-refractivity contribution in [3.8, 4) is 0 Å². The van der Waals surface area contributed by atoms with Crippen LogP contribution in [-0.4, -0.2) is 30.1 Å². The molecule has 0 saturated carbocycles. The standard InChI is InChI=1S/C19H19BrN2O2/c20-16-9-3-1-7-14(16)18-21-17-10-4-2-8-15(17)19(23)22(18)12-13-6-5-11-24-13/h1-4,7-10,13,18,21H,5-6,11-12H2/t13-,18+/m0/s1. The third kappa shape index (κ3) is 2.82. The van der Waals surface area contributed by atoms with Crippen LogP contribution in [0.5, 0.6) is 0 Å². The highest BCUT2D eigenvalue weighted by Crippen LogP contribution is 2.36. The number of fused-ring (bicyclic) bond motifs is 1. The minimum absolute atomic E-state index is 0.0561. The van der Waals surface area contributed by atoms with E-state index in [4.69, 9.17) is 4.74 Å². The molecule has 1 saturated heterocycles. The maximum Gasteiger partial charge on any atom is 0.257 e. The summed E-state index contributed by atoms with van der Waals surface area (Å²) in [6.07, 6.45) is 1.99. The molecule has 2 atom stereocenters. The average Bonchev–Trinajstić information content (AvgIpc) is 3.11. The molecule has 1 fully saturated rings. The quantitative estimate of drug-likeness (QED) is 0.859. The number of rotatable bonds is 3. The molecule has 0 aromatic heterocycles. The van der Waals surface area contributed by atoms with Crippen LogP contribution in [0.4, 0.5) is 5.69 Å². The van der Waals surface area contributed by atoms with Gasteiger partial charge in [0, 0.05) is 28.9 Å². The molecule has 4 nitrogen and oxygen atoms in total. The number of carbonyl (C=O) groups excluding carboxylic acids is 1. The summed E-state index contributed by atoms with van der Waals surface area (Å²) in [6.45, 7) is 1.39. The topological polar surface area (TPSA) is 41.6 Å². The Balaban J connectivity index is 1.73. The number of hydrogen-bond acceptors (Lipinski definition) is 3. The third-order valence-electron chi connectivity index (χ3n) is 4.65. The van der Waals surface area contributed by atoms with Gasteiger partial charge in [0.25, 0.3) is 5.91 Å². The molecule has 0 bridgehead atoms. The van der Waals surface area contributed by atoms with Gasteiger partial charge in [0.1, 0.15) is 6.17 Å². The van der Waals surface area contributed by atoms with Crippen LogP contribution in [0.3, 0.4) is 0 Å². The zero-order chi connectivity index (χ0) is 16.5. The predicted octanol–water partition coefficient (Wildman–Crippen LogP) is 4.19. The van der Waals surface area contributed by atoms with Crippen molar-refractivity contribution in [1.82, 2.24) is 4.90 Å². The summed E-state index contributed by atoms with van der Waals surface area (Å²) in [4.78, 5) is 15.0. The first-order valence-electron chi connectivity index (χ1n) is 8.26. The Morgan fingerprint density at radius 3 is 2.75 bits per heavy atom. The number of amides is 1. The fraction of sp³-hybridized carbons (Fsp3) is 0.316. The number of hydrogen-bond donors (Lipinski definition) is 1. The van der Waals surface area contributed by atoms with Crippen molar-refractivity contribution in [3.63, 3.8) is 0 Å². The molecule has 2 aliphatic heterocycles. The zero-order valence-electron chi connectivity index (χ0n) is 13.2. The Hall–Kier alpha value is -1.85. The zero-order valence-corrected chi connectivity index (χ0v) is 14.8. The second kappa shape index (κ2) is 6.57. The Morgan fingerprint density at radius 2 is 1.96 bits per heavy atom. The minimum atomic E-state index is -0.202. The number of carbonyl (C=O) groups is 1. The third-order valence-corrected chi connectivity index (χ3v) is 5.37. The molecule has 0 radical (unpaired) electrons. The first-order valence-corrected chi connectivity index (χ1v) is 9.06. The van der Waals surface area contributed by atoms with Gasteiger partial charge in [-0.3, -0.25) is 4.79 Å². The number of halogens is 1. The summed E-state index contributed by atoms with van der Waals surface area (Å²) in [7, 11) is 0. The normalized spacial score (nSPS) is 23.0. The predicted molar refractivity (Wildman–Crippen MR) is 97.0 cm³/mol. The lowest BCUT2D eigenvalue weighted by molar-refractivity contribution is 0.0426. The van der Waals surface area contributed by atoms with Gasteiger partial charge in [-0.1, -0.05) is 46.3 Å². The Labute approximate surface area is 149 Å². The SMILES string of the molecule is O=C1c2ccccc2N[C@@H](c2ccccc2Br)N1C[C@@H]1CCCO1. The van der Waals surface area contributed by atoms with E-state index in [2.05, 4.69) is 21.2 Å². The van der Waals surface area contributed by atoms with E-state index in [1.54, 1.807) is 0 Å². The van der Waals surface area contributed by atoms with Gasteiger partial charge >= 0.3 is 0 Å². The second-order valence-corrected chi connectivity index (χ2v) is 7.06. The van der Waals surface area contributed by atoms with E-state index in [-0.39, 0.29) is 18.2 Å². The van der Waals surface area contributed by atoms with Crippen molar-refractivity contribution >= 4 is 27.5 Å². The molecule has 0 spiro atoms. The fourth-order valence-electron chi connectivity index (χ4n) is 3.43. The summed E-state index contributed by atoms with van der Waals surface area (Å²) >= 11 is 3.62. The number of anilines is 1. The van der Waals surface area contributed by atoms with Crippen LogP contribution in [0.15, 0.2) is 53.0 Å². The molecule has 2 aromatic carbocycles. The van der Waals surface area contributed by atoms with Gasteiger partial charge in [0.2, 0.25) is 0 Å². The highest BCUT2D eigenvalue weighted by molar-refractivity contribution is 9.10. The fourth-order valence-corrected chi connectivity index (χ4v) is 3.93. The second-order valence-electron chi connectivity index (χ2n) is 6.21. The van der Waals surface area contributed by atoms with Crippen molar-refractivity contribution in [2.45, 2.75) is 25.1 Å². The molecule has 0 unspecified atom stereocenters. The van der Waals surface area contributed by atoms with E-state index >= 15 is 0 Å². The molecule has 4 rings (SSSR count). The van der Waals surface area contributed by atoms with Crippen LogP contribution in [0.2, 0.25) is 0 Å². The number of nitrogens with zero attached hydrogens (tertiary/aromatic N) is 1. The van der Waals surface area contributed by atoms with Gasteiger partial charge < -0.3 is 15.0 Å². The molecule has 2 aliphatic rings. The van der Waals surface area contributed by atoms with E-state index in [9.17, 15) is 4.79 Å². The van der Waals surface area contributed by atoms with Crippen molar-refractivity contribution in [2.24, 2.45) is 0 Å². The number of para-hydroxylation sites is 1. The maximum absolute atomic E-state index is 13.1. The van der Waals surface area contributed by atoms with Gasteiger partial charge in [-0.05, 0) is 31.0 Å². The molecule has 2 heterocycles. The van der Waals surface area contributed by atoms with Crippen LogP contribution in [-0.2, 0) is 4.74 Å². The highest BCUT2D eigenvalue weighted by Gasteiger charge is 2.35. The van der Waals surface area contributed by atoms with Crippen molar-refractivity contribution < 1.29 is 9.53 Å². The molecular formula is C19H19BrN2O2. The molecule has 1 N–H and O–H groups in total. The lowest BCUT2D eigenvalue weighted by atomic mass is 10.0. The highest BCUT2D eigenvalue weighted by atomic mass is 79.9. The molecule has 1 amide bonds. The van der Waals surface area contributed by atoms with E-state index in [1.807, 2.05) is 53.4 Å². The Morgan fingerprint density at radius 1 is 1.17 bits per heavy atom. The van der Waals surface area contributed by atoms with E-state index in [1.165, 1.54) is 0 Å². The smallest absolute Gasteiger partial charge is 0.257 e. The largest absolute Gasteiger partial charge is 0.376 e. The molecule has 0 aliphatic carbocycles. The summed E-state index contributed by atoms with van der Waals surface area (Å²) < 4.78 is 6.77. The summed E-state index contributed by atoms with van der Waals surface area (Å²) in [5.74, 6) is 0.0561. The Kier molecular flexibility index (Phi) is 4.29. The van der Waals surface area contributed by atoms with E-state index < -0.39 is 0 Å². The average molecular weight is 387 g/mol. The molecule has 5 heteroatoms. The van der Waals surface area contributed by atoms with Crippen LogP contribution >= 0.6 is 15.9 Å².